The number of aromatic nitrogens is 1. The zero-order chi connectivity index (χ0) is 17.2. The number of carbonyl (C=O) groups is 1. The van der Waals surface area contributed by atoms with Gasteiger partial charge in [0, 0.05) is 19.6 Å². The van der Waals surface area contributed by atoms with Crippen LogP contribution in [0.25, 0.3) is 11.1 Å². The number of hydrogen-bond acceptors (Lipinski definition) is 5. The summed E-state index contributed by atoms with van der Waals surface area (Å²) in [5, 5.41) is 2.87. The van der Waals surface area contributed by atoms with E-state index in [4.69, 9.17) is 9.15 Å². The molecule has 24 heavy (non-hydrogen) atoms. The number of amides is 1. The maximum atomic E-state index is 11.7. The van der Waals surface area contributed by atoms with E-state index in [9.17, 15) is 4.79 Å². The molecule has 0 aliphatic carbocycles. The van der Waals surface area contributed by atoms with Crippen LogP contribution in [0.1, 0.15) is 33.6 Å². The number of hydrogen-bond donors (Lipinski definition) is 1. The third kappa shape index (κ3) is 4.19. The Morgan fingerprint density at radius 3 is 2.71 bits per heavy atom. The number of carbonyl (C=O) groups excluding carboxylic acids is 1. The standard InChI is InChI=1S/C18H25N3O3/c1-18(2,3)24-17(22)19-12-13-8-10-21(11-9-13)16-20-14-6-4-5-7-15(14)23-16/h4-7,13H,8-12H2,1-3H3,(H,19,22). The molecule has 1 N–H and O–H groups in total. The third-order valence-corrected chi connectivity index (χ3v) is 4.10. The molecule has 0 radical (unpaired) electrons. The lowest BCUT2D eigenvalue weighted by atomic mass is 9.97. The Bertz CT molecular complexity index is 664. The minimum Gasteiger partial charge on any atom is -0.444 e. The number of nitrogens with one attached hydrogen (secondary N) is 1. The van der Waals surface area contributed by atoms with Gasteiger partial charge in [0.25, 0.3) is 6.01 Å². The molecule has 130 valence electrons. The predicted molar refractivity (Wildman–Crippen MR) is 93.2 cm³/mol. The second kappa shape index (κ2) is 6.71. The quantitative estimate of drug-likeness (QED) is 0.931. The molecule has 0 spiro atoms. The van der Waals surface area contributed by atoms with E-state index in [0.29, 0.717) is 18.5 Å². The van der Waals surface area contributed by atoms with E-state index < -0.39 is 5.60 Å². The summed E-state index contributed by atoms with van der Waals surface area (Å²) in [6.07, 6.45) is 1.65. The summed E-state index contributed by atoms with van der Waals surface area (Å²) in [6.45, 7) is 8.01. The molecule has 0 saturated carbocycles. The number of alkyl carbamates (subject to hydrolysis) is 1. The van der Waals surface area contributed by atoms with Gasteiger partial charge in [-0.15, -0.1) is 0 Å². The van der Waals surface area contributed by atoms with Crippen LogP contribution >= 0.6 is 0 Å². The summed E-state index contributed by atoms with van der Waals surface area (Å²) in [5.41, 5.74) is 1.25. The zero-order valence-corrected chi connectivity index (χ0v) is 14.5. The Hall–Kier alpha value is -2.24. The molecule has 1 aromatic heterocycles. The van der Waals surface area contributed by atoms with Crippen LogP contribution in [-0.2, 0) is 4.74 Å². The van der Waals surface area contributed by atoms with Gasteiger partial charge in [0.1, 0.15) is 11.1 Å². The largest absolute Gasteiger partial charge is 0.444 e. The number of nitrogens with zero attached hydrogens (tertiary/aromatic N) is 2. The normalized spacial score (nSPS) is 16.4. The van der Waals surface area contributed by atoms with Crippen LogP contribution in [0.3, 0.4) is 0 Å². The lowest BCUT2D eigenvalue weighted by molar-refractivity contribution is 0.0516. The Labute approximate surface area is 142 Å². The highest BCUT2D eigenvalue weighted by Gasteiger charge is 2.24. The van der Waals surface area contributed by atoms with Crippen molar-refractivity contribution in [1.82, 2.24) is 10.3 Å². The van der Waals surface area contributed by atoms with Crippen molar-refractivity contribution in [2.45, 2.75) is 39.2 Å². The van der Waals surface area contributed by atoms with E-state index in [1.807, 2.05) is 45.0 Å². The molecule has 3 rings (SSSR count). The van der Waals surface area contributed by atoms with Crippen molar-refractivity contribution in [3.63, 3.8) is 0 Å². The molecule has 0 unspecified atom stereocenters. The van der Waals surface area contributed by atoms with Gasteiger partial charge in [-0.05, 0) is 51.7 Å². The van der Waals surface area contributed by atoms with E-state index in [2.05, 4.69) is 15.2 Å². The van der Waals surface area contributed by atoms with Gasteiger partial charge >= 0.3 is 6.09 Å². The summed E-state index contributed by atoms with van der Waals surface area (Å²) in [5.74, 6) is 0.457. The van der Waals surface area contributed by atoms with Gasteiger partial charge in [-0.1, -0.05) is 12.1 Å². The van der Waals surface area contributed by atoms with Crippen molar-refractivity contribution in [1.29, 1.82) is 0 Å². The summed E-state index contributed by atoms with van der Waals surface area (Å²) in [7, 11) is 0. The molecule has 2 heterocycles. The molecule has 6 nitrogen and oxygen atoms in total. The van der Waals surface area contributed by atoms with Crippen LogP contribution in [0.15, 0.2) is 28.7 Å². The average molecular weight is 331 g/mol. The lowest BCUT2D eigenvalue weighted by Gasteiger charge is -2.31. The monoisotopic (exact) mass is 331 g/mol. The molecule has 1 saturated heterocycles. The van der Waals surface area contributed by atoms with Crippen LogP contribution in [0, 0.1) is 5.92 Å². The number of anilines is 1. The highest BCUT2D eigenvalue weighted by Crippen LogP contribution is 2.26. The first-order valence-electron chi connectivity index (χ1n) is 8.48. The zero-order valence-electron chi connectivity index (χ0n) is 14.5. The van der Waals surface area contributed by atoms with Gasteiger partial charge in [-0.2, -0.15) is 4.98 Å². The first-order valence-corrected chi connectivity index (χ1v) is 8.48. The topological polar surface area (TPSA) is 67.6 Å². The average Bonchev–Trinajstić information content (AvgIpc) is 2.96. The minimum absolute atomic E-state index is 0.344. The van der Waals surface area contributed by atoms with Crippen LogP contribution in [-0.4, -0.2) is 36.3 Å². The van der Waals surface area contributed by atoms with E-state index in [1.54, 1.807) is 0 Å². The fraction of sp³-hybridized carbons (Fsp3) is 0.556. The van der Waals surface area contributed by atoms with Gasteiger partial charge in [0.2, 0.25) is 0 Å². The maximum Gasteiger partial charge on any atom is 0.407 e. The molecule has 0 atom stereocenters. The van der Waals surface area contributed by atoms with E-state index in [-0.39, 0.29) is 6.09 Å². The Morgan fingerprint density at radius 1 is 1.33 bits per heavy atom. The summed E-state index contributed by atoms with van der Waals surface area (Å²) in [4.78, 5) is 18.4. The number of para-hydroxylation sites is 2. The molecular formula is C18H25N3O3. The van der Waals surface area contributed by atoms with Crippen molar-refractivity contribution in [2.75, 3.05) is 24.5 Å². The Balaban J connectivity index is 1.48. The van der Waals surface area contributed by atoms with Crippen molar-refractivity contribution >= 4 is 23.2 Å². The van der Waals surface area contributed by atoms with Crippen molar-refractivity contribution in [3.05, 3.63) is 24.3 Å². The Morgan fingerprint density at radius 2 is 2.04 bits per heavy atom. The van der Waals surface area contributed by atoms with Gasteiger partial charge in [-0.25, -0.2) is 4.79 Å². The van der Waals surface area contributed by atoms with Crippen molar-refractivity contribution in [3.8, 4) is 0 Å². The minimum atomic E-state index is -0.458. The van der Waals surface area contributed by atoms with E-state index in [1.165, 1.54) is 0 Å². The maximum absolute atomic E-state index is 11.7. The van der Waals surface area contributed by atoms with Crippen LogP contribution in [0.4, 0.5) is 10.8 Å². The smallest absolute Gasteiger partial charge is 0.407 e. The highest BCUT2D eigenvalue weighted by atomic mass is 16.6. The number of ether oxygens (including phenoxy) is 1. The van der Waals surface area contributed by atoms with Gasteiger partial charge in [-0.3, -0.25) is 0 Å². The first-order chi connectivity index (χ1) is 11.4. The van der Waals surface area contributed by atoms with Gasteiger partial charge < -0.3 is 19.4 Å². The molecule has 1 aliphatic rings. The number of oxazole rings is 1. The second-order valence-corrected chi connectivity index (χ2v) is 7.28. The van der Waals surface area contributed by atoms with Gasteiger partial charge in [0.05, 0.1) is 0 Å². The second-order valence-electron chi connectivity index (χ2n) is 7.28. The molecule has 1 fully saturated rings. The van der Waals surface area contributed by atoms with Crippen LogP contribution in [0.5, 0.6) is 0 Å². The SMILES string of the molecule is CC(C)(C)OC(=O)NCC1CCN(c2nc3ccccc3o2)CC1. The lowest BCUT2D eigenvalue weighted by Crippen LogP contribution is -2.40. The molecule has 1 aromatic carbocycles. The highest BCUT2D eigenvalue weighted by molar-refractivity contribution is 5.74. The van der Waals surface area contributed by atoms with Crippen molar-refractivity contribution in [2.24, 2.45) is 5.92 Å². The Kier molecular flexibility index (Phi) is 4.64. The molecule has 2 aromatic rings. The first kappa shape index (κ1) is 16.6. The molecule has 1 amide bonds. The van der Waals surface area contributed by atoms with Crippen LogP contribution in [0.2, 0.25) is 0 Å². The molecular weight excluding hydrogens is 306 g/mol. The number of benzene rings is 1. The van der Waals surface area contributed by atoms with Crippen molar-refractivity contribution < 1.29 is 13.9 Å². The third-order valence-electron chi connectivity index (χ3n) is 4.10. The molecule has 6 heteroatoms. The summed E-state index contributed by atoms with van der Waals surface area (Å²) >= 11 is 0. The van der Waals surface area contributed by atoms with E-state index >= 15 is 0 Å². The summed E-state index contributed by atoms with van der Waals surface area (Å²) in [6, 6.07) is 8.49. The number of piperidine rings is 1. The fourth-order valence-corrected chi connectivity index (χ4v) is 2.87. The fourth-order valence-electron chi connectivity index (χ4n) is 2.87. The molecule has 0 bridgehead atoms. The van der Waals surface area contributed by atoms with E-state index in [0.717, 1.165) is 37.0 Å². The number of rotatable bonds is 3. The van der Waals surface area contributed by atoms with Gasteiger partial charge in [0.15, 0.2) is 5.58 Å². The summed E-state index contributed by atoms with van der Waals surface area (Å²) < 4.78 is 11.1. The molecule has 1 aliphatic heterocycles. The van der Waals surface area contributed by atoms with Crippen LogP contribution < -0.4 is 10.2 Å². The predicted octanol–water partition coefficient (Wildman–Crippen LogP) is 3.57. The number of fused-ring (bicyclic) bond motifs is 1.